The van der Waals surface area contributed by atoms with Gasteiger partial charge in [-0.05, 0) is 67.8 Å². The lowest BCUT2D eigenvalue weighted by molar-refractivity contribution is -0.105. The van der Waals surface area contributed by atoms with E-state index in [-0.39, 0.29) is 33.5 Å². The van der Waals surface area contributed by atoms with Gasteiger partial charge < -0.3 is 36.4 Å². The molecule has 28 heavy (non-hydrogen) atoms. The first kappa shape index (κ1) is 25.7. The van der Waals surface area contributed by atoms with Crippen molar-refractivity contribution >= 4 is 91.7 Å². The maximum atomic E-state index is 13.2. The minimum Gasteiger partial charge on any atom is -0.394 e. The lowest BCUT2D eigenvalue weighted by Gasteiger charge is -2.28. The molecule has 3 amide bonds. The Bertz CT molecular complexity index is 751. The van der Waals surface area contributed by atoms with E-state index in [0.717, 1.165) is 4.90 Å². The van der Waals surface area contributed by atoms with Crippen molar-refractivity contribution in [3.63, 3.8) is 0 Å². The van der Waals surface area contributed by atoms with Crippen LogP contribution in [0.15, 0.2) is 0 Å². The van der Waals surface area contributed by atoms with Crippen molar-refractivity contribution in [1.29, 1.82) is 0 Å². The zero-order valence-corrected chi connectivity index (χ0v) is 20.7. The molecule has 0 aromatic heterocycles. The topological polar surface area (TPSA) is 173 Å². The Labute approximate surface area is 201 Å². The number of rotatable bonds is 10. The fourth-order valence-electron chi connectivity index (χ4n) is 2.28. The number of amides is 3. The Kier molecular flexibility index (Phi) is 10.8. The molecule has 1 rings (SSSR count). The third kappa shape index (κ3) is 6.08. The van der Waals surface area contributed by atoms with Crippen LogP contribution in [-0.4, -0.2) is 82.1 Å². The van der Waals surface area contributed by atoms with Gasteiger partial charge in [-0.15, -0.1) is 0 Å². The van der Waals surface area contributed by atoms with Gasteiger partial charge in [0.05, 0.1) is 49.4 Å². The molecule has 0 heterocycles. The number of aliphatic hydroxyl groups excluding tert-OH is 4. The summed E-state index contributed by atoms with van der Waals surface area (Å²) in [4.78, 5) is 37.1. The molecular formula is C15H18I3N3O7. The molecule has 1 aromatic carbocycles. The SMILES string of the molecule is NC(=O)c1c(I)c(NC=O)c(I)c(C(=O)N(CC(O)CO)CC(O)CO)c1I. The van der Waals surface area contributed by atoms with E-state index in [2.05, 4.69) is 5.32 Å². The molecule has 156 valence electrons. The molecular weight excluding hydrogens is 715 g/mol. The van der Waals surface area contributed by atoms with Gasteiger partial charge in [-0.2, -0.15) is 0 Å². The molecule has 0 aliphatic rings. The molecule has 13 heteroatoms. The van der Waals surface area contributed by atoms with Crippen molar-refractivity contribution in [3.8, 4) is 0 Å². The van der Waals surface area contributed by atoms with Crippen LogP contribution < -0.4 is 11.1 Å². The predicted molar refractivity (Wildman–Crippen MR) is 125 cm³/mol. The summed E-state index contributed by atoms with van der Waals surface area (Å²) in [6.45, 7) is -1.89. The van der Waals surface area contributed by atoms with Gasteiger partial charge in [0.2, 0.25) is 6.41 Å². The summed E-state index contributed by atoms with van der Waals surface area (Å²) in [7, 11) is 0. The lowest BCUT2D eigenvalue weighted by Crippen LogP contribution is -2.44. The summed E-state index contributed by atoms with van der Waals surface area (Å²) < 4.78 is 0.928. The highest BCUT2D eigenvalue weighted by atomic mass is 127. The van der Waals surface area contributed by atoms with Crippen molar-refractivity contribution in [2.45, 2.75) is 12.2 Å². The molecule has 0 saturated heterocycles. The molecule has 1 aromatic rings. The zero-order valence-electron chi connectivity index (χ0n) is 14.2. The van der Waals surface area contributed by atoms with E-state index in [4.69, 9.17) is 15.9 Å². The number of nitrogens with zero attached hydrogens (tertiary/aromatic N) is 1. The van der Waals surface area contributed by atoms with Crippen molar-refractivity contribution in [3.05, 3.63) is 21.8 Å². The highest BCUT2D eigenvalue weighted by Crippen LogP contribution is 2.36. The Morgan fingerprint density at radius 1 is 1.00 bits per heavy atom. The minimum atomic E-state index is -1.28. The second-order valence-corrected chi connectivity index (χ2v) is 8.81. The van der Waals surface area contributed by atoms with Gasteiger partial charge in [-0.3, -0.25) is 14.4 Å². The summed E-state index contributed by atoms with van der Waals surface area (Å²) in [5, 5.41) is 40.1. The van der Waals surface area contributed by atoms with Crippen molar-refractivity contribution in [2.24, 2.45) is 5.73 Å². The molecule has 7 N–H and O–H groups in total. The summed E-state index contributed by atoms with van der Waals surface area (Å²) in [6, 6.07) is 0. The van der Waals surface area contributed by atoms with E-state index in [1.165, 1.54) is 0 Å². The number of benzene rings is 1. The third-order valence-corrected chi connectivity index (χ3v) is 6.79. The molecule has 2 atom stereocenters. The first-order chi connectivity index (χ1) is 13.1. The van der Waals surface area contributed by atoms with Crippen LogP contribution in [0.1, 0.15) is 20.7 Å². The monoisotopic (exact) mass is 733 g/mol. The Morgan fingerprint density at radius 2 is 1.46 bits per heavy atom. The maximum Gasteiger partial charge on any atom is 0.256 e. The molecule has 0 saturated carbocycles. The average Bonchev–Trinajstić information content (AvgIpc) is 2.63. The largest absolute Gasteiger partial charge is 0.394 e. The van der Waals surface area contributed by atoms with Crippen molar-refractivity contribution < 1.29 is 34.8 Å². The van der Waals surface area contributed by atoms with Crippen LogP contribution in [-0.2, 0) is 4.79 Å². The predicted octanol–water partition coefficient (Wildman–Crippen LogP) is -0.684. The molecule has 0 aliphatic heterocycles. The number of nitrogens with two attached hydrogens (primary N) is 1. The summed E-state index contributed by atoms with van der Waals surface area (Å²) in [5.74, 6) is -1.48. The van der Waals surface area contributed by atoms with E-state index in [9.17, 15) is 24.6 Å². The van der Waals surface area contributed by atoms with Crippen molar-refractivity contribution in [2.75, 3.05) is 31.6 Å². The first-order valence-electron chi connectivity index (χ1n) is 7.68. The molecule has 2 unspecified atom stereocenters. The average molecular weight is 733 g/mol. The van der Waals surface area contributed by atoms with Gasteiger partial charge in [-0.1, -0.05) is 0 Å². The van der Waals surface area contributed by atoms with Crippen LogP contribution in [0.3, 0.4) is 0 Å². The number of hydrogen-bond acceptors (Lipinski definition) is 7. The summed E-state index contributed by atoms with van der Waals surface area (Å²) in [5.41, 5.74) is 5.74. The Hall–Kier alpha value is -0.340. The van der Waals surface area contributed by atoms with Crippen LogP contribution in [0.4, 0.5) is 5.69 Å². The number of carbonyl (C=O) groups is 3. The van der Waals surface area contributed by atoms with Crippen LogP contribution in [0.25, 0.3) is 0 Å². The number of carbonyl (C=O) groups excluding carboxylic acids is 3. The van der Waals surface area contributed by atoms with E-state index < -0.39 is 37.2 Å². The Balaban J connectivity index is 3.61. The summed E-state index contributed by atoms with van der Waals surface area (Å²) in [6.07, 6.45) is -2.16. The van der Waals surface area contributed by atoms with E-state index in [1.807, 2.05) is 45.2 Å². The standard InChI is InChI=1S/C15H18I3N3O7/c16-10-8(14(19)27)11(17)13(20-5-24)12(18)9(10)15(28)21(1-6(25)3-22)2-7(26)4-23/h5-7,22-23,25-26H,1-4H2,(H2,19,27)(H,20,24). The lowest BCUT2D eigenvalue weighted by atomic mass is 10.1. The van der Waals surface area contributed by atoms with Gasteiger partial charge in [0, 0.05) is 16.7 Å². The van der Waals surface area contributed by atoms with E-state index in [0.29, 0.717) is 13.6 Å². The van der Waals surface area contributed by atoms with Crippen LogP contribution in [0.2, 0.25) is 0 Å². The van der Waals surface area contributed by atoms with Crippen LogP contribution >= 0.6 is 67.8 Å². The number of halogens is 3. The second-order valence-electron chi connectivity index (χ2n) is 5.58. The van der Waals surface area contributed by atoms with Crippen molar-refractivity contribution in [1.82, 2.24) is 4.90 Å². The van der Waals surface area contributed by atoms with Gasteiger partial charge in [0.1, 0.15) is 0 Å². The molecule has 0 fully saturated rings. The number of aliphatic hydroxyl groups is 4. The summed E-state index contributed by atoms with van der Waals surface area (Å²) >= 11 is 5.46. The Morgan fingerprint density at radius 3 is 1.86 bits per heavy atom. The second kappa shape index (κ2) is 11.7. The quantitative estimate of drug-likeness (QED) is 0.137. The van der Waals surface area contributed by atoms with Gasteiger partial charge in [-0.25, -0.2) is 0 Å². The molecule has 10 nitrogen and oxygen atoms in total. The maximum absolute atomic E-state index is 13.2. The molecule has 0 radical (unpaired) electrons. The number of anilines is 1. The fraction of sp³-hybridized carbons (Fsp3) is 0.400. The number of primary amides is 1. The molecule has 0 spiro atoms. The van der Waals surface area contributed by atoms with E-state index in [1.54, 1.807) is 22.6 Å². The number of hydrogen-bond donors (Lipinski definition) is 6. The number of nitrogens with one attached hydrogen (secondary N) is 1. The van der Waals surface area contributed by atoms with Crippen LogP contribution in [0, 0.1) is 10.7 Å². The smallest absolute Gasteiger partial charge is 0.256 e. The normalized spacial score (nSPS) is 13.0. The third-order valence-electron chi connectivity index (χ3n) is 3.55. The molecule has 0 bridgehead atoms. The highest BCUT2D eigenvalue weighted by molar-refractivity contribution is 14.1. The highest BCUT2D eigenvalue weighted by Gasteiger charge is 2.30. The minimum absolute atomic E-state index is 0.0371. The van der Waals surface area contributed by atoms with E-state index >= 15 is 0 Å². The van der Waals surface area contributed by atoms with Gasteiger partial charge in [0.25, 0.3) is 11.8 Å². The molecule has 0 aliphatic carbocycles. The van der Waals surface area contributed by atoms with Gasteiger partial charge >= 0.3 is 0 Å². The fourth-order valence-corrected chi connectivity index (χ4v) is 6.75. The van der Waals surface area contributed by atoms with Crippen LogP contribution in [0.5, 0.6) is 0 Å². The van der Waals surface area contributed by atoms with Gasteiger partial charge in [0.15, 0.2) is 0 Å². The zero-order chi connectivity index (χ0) is 21.6. The first-order valence-corrected chi connectivity index (χ1v) is 10.9.